The van der Waals surface area contributed by atoms with E-state index in [0.717, 1.165) is 10.0 Å². The summed E-state index contributed by atoms with van der Waals surface area (Å²) in [4.78, 5) is 4.01. The number of aliphatic hydroxyl groups excluding tert-OH is 1. The van der Waals surface area contributed by atoms with Gasteiger partial charge in [0.25, 0.3) is 0 Å². The van der Waals surface area contributed by atoms with Crippen LogP contribution in [0.15, 0.2) is 45.6 Å². The lowest BCUT2D eigenvalue weighted by Crippen LogP contribution is -2.05. The van der Waals surface area contributed by atoms with Gasteiger partial charge in [-0.1, -0.05) is 22.0 Å². The number of hydrogen-bond donors (Lipinski definition) is 1. The first-order valence-corrected chi connectivity index (χ1v) is 6.88. The van der Waals surface area contributed by atoms with Crippen LogP contribution in [0.1, 0.15) is 17.2 Å². The molecule has 0 aliphatic rings. The fraction of sp³-hybridized carbons (Fsp3) is 0.154. The van der Waals surface area contributed by atoms with Crippen molar-refractivity contribution in [1.82, 2.24) is 4.98 Å². The number of benzene rings is 1. The Hall–Kier alpha value is -0.780. The number of rotatable bonds is 3. The fourth-order valence-electron chi connectivity index (χ4n) is 1.72. The summed E-state index contributed by atoms with van der Waals surface area (Å²) in [6.07, 6.45) is 2.72. The Morgan fingerprint density at radius 3 is 2.72 bits per heavy atom. The minimum Gasteiger partial charge on any atom is -0.388 e. The fourth-order valence-corrected chi connectivity index (χ4v) is 2.74. The molecule has 5 heteroatoms. The molecule has 2 rings (SSSR count). The quantitative estimate of drug-likeness (QED) is 0.880. The van der Waals surface area contributed by atoms with E-state index in [1.54, 1.807) is 24.5 Å². The SMILES string of the molecule is OC(Cc1cncc(Br)c1)c1c(F)cccc1Br. The van der Waals surface area contributed by atoms with Crippen LogP contribution in [0.2, 0.25) is 0 Å². The van der Waals surface area contributed by atoms with E-state index in [-0.39, 0.29) is 5.56 Å². The smallest absolute Gasteiger partial charge is 0.130 e. The third-order valence-electron chi connectivity index (χ3n) is 2.52. The van der Waals surface area contributed by atoms with Gasteiger partial charge in [-0.05, 0) is 39.7 Å². The van der Waals surface area contributed by atoms with Crippen molar-refractivity contribution in [3.05, 3.63) is 62.5 Å². The second-order valence-corrected chi connectivity index (χ2v) is 5.64. The molecule has 0 fully saturated rings. The lowest BCUT2D eigenvalue weighted by atomic mass is 10.0. The predicted octanol–water partition coefficient (Wildman–Crippen LogP) is 4.02. The van der Waals surface area contributed by atoms with Gasteiger partial charge in [0.1, 0.15) is 5.82 Å². The molecule has 1 heterocycles. The first-order valence-electron chi connectivity index (χ1n) is 5.29. The molecule has 0 radical (unpaired) electrons. The normalized spacial score (nSPS) is 12.4. The van der Waals surface area contributed by atoms with Gasteiger partial charge < -0.3 is 5.11 Å². The third kappa shape index (κ3) is 3.16. The number of aromatic nitrogens is 1. The van der Waals surface area contributed by atoms with Gasteiger partial charge in [-0.2, -0.15) is 0 Å². The van der Waals surface area contributed by atoms with Gasteiger partial charge in [-0.3, -0.25) is 4.98 Å². The second kappa shape index (κ2) is 5.91. The number of nitrogens with zero attached hydrogens (tertiary/aromatic N) is 1. The maximum atomic E-state index is 13.7. The van der Waals surface area contributed by atoms with Crippen molar-refractivity contribution in [2.24, 2.45) is 0 Å². The summed E-state index contributed by atoms with van der Waals surface area (Å²) >= 11 is 6.56. The van der Waals surface area contributed by atoms with E-state index in [9.17, 15) is 9.50 Å². The van der Waals surface area contributed by atoms with Gasteiger partial charge >= 0.3 is 0 Å². The van der Waals surface area contributed by atoms with Crippen LogP contribution in [0.3, 0.4) is 0 Å². The molecule has 0 saturated carbocycles. The van der Waals surface area contributed by atoms with Gasteiger partial charge in [0, 0.05) is 33.3 Å². The average Bonchev–Trinajstić information content (AvgIpc) is 2.28. The predicted molar refractivity (Wildman–Crippen MR) is 74.7 cm³/mol. The maximum Gasteiger partial charge on any atom is 0.130 e. The van der Waals surface area contributed by atoms with E-state index in [1.807, 2.05) is 6.07 Å². The number of aliphatic hydroxyl groups is 1. The Morgan fingerprint density at radius 2 is 2.06 bits per heavy atom. The van der Waals surface area contributed by atoms with Crippen LogP contribution < -0.4 is 0 Å². The molecule has 94 valence electrons. The van der Waals surface area contributed by atoms with Crippen LogP contribution in [0.5, 0.6) is 0 Å². The molecule has 2 nitrogen and oxygen atoms in total. The minimum absolute atomic E-state index is 0.275. The number of pyridine rings is 1. The van der Waals surface area contributed by atoms with E-state index in [0.29, 0.717) is 10.9 Å². The summed E-state index contributed by atoms with van der Waals surface area (Å²) in [6.45, 7) is 0. The Kier molecular flexibility index (Phi) is 4.48. The van der Waals surface area contributed by atoms with Crippen molar-refractivity contribution in [2.75, 3.05) is 0 Å². The maximum absolute atomic E-state index is 13.7. The standard InChI is InChI=1S/C13H10Br2FNO/c14-9-4-8(6-17-7-9)5-12(18)13-10(15)2-1-3-11(13)16/h1-4,6-7,12,18H,5H2. The van der Waals surface area contributed by atoms with E-state index in [1.165, 1.54) is 6.07 Å². The van der Waals surface area contributed by atoms with Crippen LogP contribution in [0.25, 0.3) is 0 Å². The Morgan fingerprint density at radius 1 is 1.28 bits per heavy atom. The molecule has 0 aliphatic carbocycles. The van der Waals surface area contributed by atoms with Crippen LogP contribution in [-0.4, -0.2) is 10.1 Å². The van der Waals surface area contributed by atoms with Crippen molar-refractivity contribution < 1.29 is 9.50 Å². The zero-order chi connectivity index (χ0) is 13.1. The summed E-state index contributed by atoms with van der Waals surface area (Å²) < 4.78 is 15.1. The highest BCUT2D eigenvalue weighted by Crippen LogP contribution is 2.28. The highest BCUT2D eigenvalue weighted by atomic mass is 79.9. The van der Waals surface area contributed by atoms with Crippen LogP contribution in [0, 0.1) is 5.82 Å². The molecule has 1 aromatic heterocycles. The van der Waals surface area contributed by atoms with Crippen molar-refractivity contribution in [3.63, 3.8) is 0 Å². The molecule has 1 atom stereocenters. The molecule has 0 bridgehead atoms. The third-order valence-corrected chi connectivity index (χ3v) is 3.65. The molecule has 0 spiro atoms. The zero-order valence-electron chi connectivity index (χ0n) is 9.28. The largest absolute Gasteiger partial charge is 0.388 e. The molecule has 1 aromatic carbocycles. The Labute approximate surface area is 121 Å². The average molecular weight is 375 g/mol. The van der Waals surface area contributed by atoms with E-state index in [2.05, 4.69) is 36.8 Å². The molecule has 0 amide bonds. The molecule has 0 aliphatic heterocycles. The first-order chi connectivity index (χ1) is 8.58. The van der Waals surface area contributed by atoms with Crippen LogP contribution >= 0.6 is 31.9 Å². The lowest BCUT2D eigenvalue weighted by molar-refractivity contribution is 0.172. The van der Waals surface area contributed by atoms with E-state index in [4.69, 9.17) is 0 Å². The van der Waals surface area contributed by atoms with Gasteiger partial charge in [-0.25, -0.2) is 4.39 Å². The van der Waals surface area contributed by atoms with E-state index < -0.39 is 11.9 Å². The molecule has 18 heavy (non-hydrogen) atoms. The summed E-state index contributed by atoms with van der Waals surface area (Å²) in [5.74, 6) is -0.417. The summed E-state index contributed by atoms with van der Waals surface area (Å²) in [7, 11) is 0. The first kappa shape index (κ1) is 13.6. The highest BCUT2D eigenvalue weighted by Gasteiger charge is 2.16. The molecular formula is C13H10Br2FNO. The van der Waals surface area contributed by atoms with Crippen LogP contribution in [-0.2, 0) is 6.42 Å². The number of hydrogen-bond acceptors (Lipinski definition) is 2. The molecular weight excluding hydrogens is 365 g/mol. The molecule has 2 aromatic rings. The van der Waals surface area contributed by atoms with Gasteiger partial charge in [0.2, 0.25) is 0 Å². The summed E-state index contributed by atoms with van der Waals surface area (Å²) in [5.41, 5.74) is 1.12. The molecule has 1 N–H and O–H groups in total. The summed E-state index contributed by atoms with van der Waals surface area (Å²) in [5, 5.41) is 10.1. The highest BCUT2D eigenvalue weighted by molar-refractivity contribution is 9.10. The number of halogens is 3. The van der Waals surface area contributed by atoms with Gasteiger partial charge in [0.05, 0.1) is 6.10 Å². The van der Waals surface area contributed by atoms with Crippen molar-refractivity contribution in [1.29, 1.82) is 0 Å². The Balaban J connectivity index is 2.25. The van der Waals surface area contributed by atoms with E-state index >= 15 is 0 Å². The van der Waals surface area contributed by atoms with Gasteiger partial charge in [0.15, 0.2) is 0 Å². The Bertz CT molecular complexity index is 542. The van der Waals surface area contributed by atoms with Gasteiger partial charge in [-0.15, -0.1) is 0 Å². The summed E-state index contributed by atoms with van der Waals surface area (Å²) in [6, 6.07) is 6.49. The molecule has 0 saturated heterocycles. The van der Waals surface area contributed by atoms with Crippen molar-refractivity contribution >= 4 is 31.9 Å². The zero-order valence-corrected chi connectivity index (χ0v) is 12.4. The lowest BCUT2D eigenvalue weighted by Gasteiger charge is -2.13. The monoisotopic (exact) mass is 373 g/mol. The van der Waals surface area contributed by atoms with Crippen molar-refractivity contribution in [2.45, 2.75) is 12.5 Å². The minimum atomic E-state index is -0.906. The van der Waals surface area contributed by atoms with Crippen molar-refractivity contribution in [3.8, 4) is 0 Å². The topological polar surface area (TPSA) is 33.1 Å². The second-order valence-electron chi connectivity index (χ2n) is 3.87. The van der Waals surface area contributed by atoms with Crippen LogP contribution in [0.4, 0.5) is 4.39 Å². The molecule has 1 unspecified atom stereocenters.